The molecule has 4 nitrogen and oxygen atoms in total. The van der Waals surface area contributed by atoms with Crippen molar-refractivity contribution in [2.24, 2.45) is 5.41 Å². The minimum Gasteiger partial charge on any atom is -0.376 e. The molecule has 1 saturated heterocycles. The van der Waals surface area contributed by atoms with Gasteiger partial charge in [-0.2, -0.15) is 0 Å². The smallest absolute Gasteiger partial charge is 0.0632 e. The molecule has 0 amide bonds. The van der Waals surface area contributed by atoms with E-state index in [0.717, 1.165) is 45.6 Å². The average molecular weight is 271 g/mol. The zero-order chi connectivity index (χ0) is 14.5. The lowest BCUT2D eigenvalue weighted by Gasteiger charge is -2.46. The van der Waals surface area contributed by atoms with Crippen molar-refractivity contribution in [3.05, 3.63) is 0 Å². The van der Waals surface area contributed by atoms with Gasteiger partial charge in [-0.05, 0) is 54.9 Å². The van der Waals surface area contributed by atoms with Crippen LogP contribution in [-0.4, -0.2) is 76.4 Å². The van der Waals surface area contributed by atoms with Crippen molar-refractivity contribution in [1.29, 1.82) is 0 Å². The SMILES string of the molecule is CN(C)CCNC[C@]1(CN(C)C)CCOC(C)(C)C1. The van der Waals surface area contributed by atoms with Crippen molar-refractivity contribution in [2.75, 3.05) is 61.0 Å². The molecule has 19 heavy (non-hydrogen) atoms. The third-order valence-electron chi connectivity index (χ3n) is 3.81. The monoisotopic (exact) mass is 271 g/mol. The molecule has 0 aromatic heterocycles. The van der Waals surface area contributed by atoms with Crippen molar-refractivity contribution in [3.8, 4) is 0 Å². The second-order valence-corrected chi connectivity index (χ2v) is 7.25. The second kappa shape index (κ2) is 7.02. The molecule has 0 spiro atoms. The molecular formula is C15H33N3O. The highest BCUT2D eigenvalue weighted by Crippen LogP contribution is 2.38. The summed E-state index contributed by atoms with van der Waals surface area (Å²) in [4.78, 5) is 4.54. The van der Waals surface area contributed by atoms with Crippen LogP contribution in [0.3, 0.4) is 0 Å². The van der Waals surface area contributed by atoms with Gasteiger partial charge in [0.15, 0.2) is 0 Å². The average Bonchev–Trinajstić information content (AvgIpc) is 2.21. The lowest BCUT2D eigenvalue weighted by Crippen LogP contribution is -2.51. The summed E-state index contributed by atoms with van der Waals surface area (Å²) in [5.41, 5.74) is 0.356. The molecule has 0 saturated carbocycles. The van der Waals surface area contributed by atoms with E-state index in [1.54, 1.807) is 0 Å². The Hall–Kier alpha value is -0.160. The first-order valence-electron chi connectivity index (χ1n) is 7.39. The maximum Gasteiger partial charge on any atom is 0.0632 e. The number of ether oxygens (including phenoxy) is 1. The van der Waals surface area contributed by atoms with E-state index in [1.165, 1.54) is 0 Å². The number of nitrogens with one attached hydrogen (secondary N) is 1. The molecule has 0 aromatic rings. The minimum atomic E-state index is 0.0114. The van der Waals surface area contributed by atoms with Crippen LogP contribution in [0, 0.1) is 5.41 Å². The molecular weight excluding hydrogens is 238 g/mol. The molecule has 1 aliphatic rings. The van der Waals surface area contributed by atoms with Gasteiger partial charge in [-0.3, -0.25) is 0 Å². The molecule has 1 rings (SSSR count). The molecule has 4 heteroatoms. The molecule has 114 valence electrons. The van der Waals surface area contributed by atoms with Crippen LogP contribution in [0.5, 0.6) is 0 Å². The third-order valence-corrected chi connectivity index (χ3v) is 3.81. The molecule has 1 heterocycles. The largest absolute Gasteiger partial charge is 0.376 e. The Morgan fingerprint density at radius 2 is 1.79 bits per heavy atom. The molecule has 1 aliphatic heterocycles. The highest BCUT2D eigenvalue weighted by Gasteiger charge is 2.40. The fourth-order valence-corrected chi connectivity index (χ4v) is 3.26. The van der Waals surface area contributed by atoms with Gasteiger partial charge in [-0.1, -0.05) is 0 Å². The molecule has 0 aromatic carbocycles. The zero-order valence-electron chi connectivity index (χ0n) is 13.8. The van der Waals surface area contributed by atoms with Crippen LogP contribution in [0.2, 0.25) is 0 Å². The first-order valence-corrected chi connectivity index (χ1v) is 7.39. The number of rotatable bonds is 7. The summed E-state index contributed by atoms with van der Waals surface area (Å²) < 4.78 is 5.89. The van der Waals surface area contributed by atoms with Crippen LogP contribution in [0.4, 0.5) is 0 Å². The minimum absolute atomic E-state index is 0.0114. The van der Waals surface area contributed by atoms with Crippen LogP contribution < -0.4 is 5.32 Å². The molecule has 1 atom stereocenters. The summed E-state index contributed by atoms with van der Waals surface area (Å²) in [7, 11) is 8.58. The Morgan fingerprint density at radius 3 is 2.32 bits per heavy atom. The van der Waals surface area contributed by atoms with E-state index >= 15 is 0 Å². The van der Waals surface area contributed by atoms with Crippen molar-refractivity contribution in [1.82, 2.24) is 15.1 Å². The van der Waals surface area contributed by atoms with Crippen LogP contribution in [-0.2, 0) is 4.74 Å². The van der Waals surface area contributed by atoms with Crippen LogP contribution >= 0.6 is 0 Å². The molecule has 1 N–H and O–H groups in total. The number of likely N-dealkylation sites (N-methyl/N-ethyl adjacent to an activating group) is 1. The molecule has 0 bridgehead atoms. The lowest BCUT2D eigenvalue weighted by molar-refractivity contribution is -0.109. The fraction of sp³-hybridized carbons (Fsp3) is 1.00. The van der Waals surface area contributed by atoms with Crippen molar-refractivity contribution >= 4 is 0 Å². The van der Waals surface area contributed by atoms with Crippen LogP contribution in [0.25, 0.3) is 0 Å². The van der Waals surface area contributed by atoms with Crippen LogP contribution in [0.15, 0.2) is 0 Å². The predicted molar refractivity (Wildman–Crippen MR) is 81.7 cm³/mol. The highest BCUT2D eigenvalue weighted by molar-refractivity contribution is 4.93. The Labute approximate surface area is 119 Å². The van der Waals surface area contributed by atoms with Gasteiger partial charge in [0.1, 0.15) is 0 Å². The second-order valence-electron chi connectivity index (χ2n) is 7.25. The molecule has 0 unspecified atom stereocenters. The van der Waals surface area contributed by atoms with E-state index in [1.807, 2.05) is 0 Å². The van der Waals surface area contributed by atoms with E-state index in [0.29, 0.717) is 5.41 Å². The molecule has 0 aliphatic carbocycles. The first kappa shape index (κ1) is 16.9. The van der Waals surface area contributed by atoms with E-state index in [9.17, 15) is 0 Å². The molecule has 0 radical (unpaired) electrons. The summed E-state index contributed by atoms with van der Waals surface area (Å²) in [5.74, 6) is 0. The van der Waals surface area contributed by atoms with Gasteiger partial charge in [-0.25, -0.2) is 0 Å². The number of nitrogens with zero attached hydrogens (tertiary/aromatic N) is 2. The van der Waals surface area contributed by atoms with Gasteiger partial charge in [0, 0.05) is 38.2 Å². The maximum absolute atomic E-state index is 5.89. The summed E-state index contributed by atoms with van der Waals surface area (Å²) in [6.07, 6.45) is 2.29. The lowest BCUT2D eigenvalue weighted by atomic mass is 9.73. The standard InChI is InChI=1S/C15H33N3O/c1-14(2)11-15(7-10-19-14,13-18(5)6)12-16-8-9-17(3)4/h16H,7-13H2,1-6H3/t15-/m0/s1. The van der Waals surface area contributed by atoms with Crippen molar-refractivity contribution in [2.45, 2.75) is 32.3 Å². The summed E-state index contributed by atoms with van der Waals surface area (Å²) in [5, 5.41) is 3.65. The Balaban J connectivity index is 2.55. The quantitative estimate of drug-likeness (QED) is 0.706. The van der Waals surface area contributed by atoms with E-state index in [4.69, 9.17) is 4.74 Å². The number of hydrogen-bond acceptors (Lipinski definition) is 4. The first-order chi connectivity index (χ1) is 8.75. The Bertz CT molecular complexity index is 266. The van der Waals surface area contributed by atoms with Crippen molar-refractivity contribution in [3.63, 3.8) is 0 Å². The topological polar surface area (TPSA) is 27.7 Å². The number of hydrogen-bond donors (Lipinski definition) is 1. The molecule has 1 fully saturated rings. The summed E-state index contributed by atoms with van der Waals surface area (Å²) in [6, 6.07) is 0. The van der Waals surface area contributed by atoms with E-state index in [2.05, 4.69) is 57.2 Å². The summed E-state index contributed by atoms with van der Waals surface area (Å²) >= 11 is 0. The Kier molecular flexibility index (Phi) is 6.24. The third kappa shape index (κ3) is 6.21. The van der Waals surface area contributed by atoms with Gasteiger partial charge in [0.2, 0.25) is 0 Å². The van der Waals surface area contributed by atoms with Gasteiger partial charge in [-0.15, -0.1) is 0 Å². The van der Waals surface area contributed by atoms with Gasteiger partial charge in [0.05, 0.1) is 5.60 Å². The van der Waals surface area contributed by atoms with Gasteiger partial charge >= 0.3 is 0 Å². The van der Waals surface area contributed by atoms with Gasteiger partial charge in [0.25, 0.3) is 0 Å². The fourth-order valence-electron chi connectivity index (χ4n) is 3.26. The zero-order valence-corrected chi connectivity index (χ0v) is 13.8. The normalized spacial score (nSPS) is 27.2. The maximum atomic E-state index is 5.89. The van der Waals surface area contributed by atoms with Gasteiger partial charge < -0.3 is 19.9 Å². The predicted octanol–water partition coefficient (Wildman–Crippen LogP) is 1.27. The van der Waals surface area contributed by atoms with E-state index < -0.39 is 0 Å². The van der Waals surface area contributed by atoms with Crippen LogP contribution in [0.1, 0.15) is 26.7 Å². The summed E-state index contributed by atoms with van der Waals surface area (Å²) in [6.45, 7) is 9.70. The highest BCUT2D eigenvalue weighted by atomic mass is 16.5. The van der Waals surface area contributed by atoms with E-state index in [-0.39, 0.29) is 5.60 Å². The Morgan fingerprint density at radius 1 is 1.11 bits per heavy atom. The van der Waals surface area contributed by atoms with Crippen molar-refractivity contribution < 1.29 is 4.74 Å².